The SMILES string of the molecule is Cc1ccc(N2CC(N(C)C)C2)cc1C(=O)NC1(c2ccc(F)c3ccccc23)CC1C. The van der Waals surface area contributed by atoms with Crippen LogP contribution in [0.2, 0.25) is 0 Å². The summed E-state index contributed by atoms with van der Waals surface area (Å²) >= 11 is 0. The molecule has 5 heteroatoms. The molecule has 0 spiro atoms. The van der Waals surface area contributed by atoms with Crippen molar-refractivity contribution >= 4 is 22.4 Å². The van der Waals surface area contributed by atoms with Crippen molar-refractivity contribution in [2.75, 3.05) is 32.1 Å². The van der Waals surface area contributed by atoms with Crippen LogP contribution in [0, 0.1) is 18.7 Å². The van der Waals surface area contributed by atoms with E-state index in [1.54, 1.807) is 6.07 Å². The maximum atomic E-state index is 14.4. The van der Waals surface area contributed by atoms with E-state index >= 15 is 0 Å². The highest BCUT2D eigenvalue weighted by atomic mass is 19.1. The Labute approximate surface area is 189 Å². The molecule has 0 radical (unpaired) electrons. The molecule has 2 atom stereocenters. The number of aryl methyl sites for hydroxylation is 1. The smallest absolute Gasteiger partial charge is 0.252 e. The number of rotatable bonds is 5. The van der Waals surface area contributed by atoms with Gasteiger partial charge in [-0.05, 0) is 68.1 Å². The van der Waals surface area contributed by atoms with Crippen molar-refractivity contribution < 1.29 is 9.18 Å². The predicted molar refractivity (Wildman–Crippen MR) is 128 cm³/mol. The van der Waals surface area contributed by atoms with E-state index in [0.717, 1.165) is 41.7 Å². The average molecular weight is 432 g/mol. The van der Waals surface area contributed by atoms with Crippen molar-refractivity contribution in [3.05, 3.63) is 77.1 Å². The van der Waals surface area contributed by atoms with Gasteiger partial charge in [-0.2, -0.15) is 0 Å². The van der Waals surface area contributed by atoms with Crippen LogP contribution in [0.1, 0.15) is 34.8 Å². The van der Waals surface area contributed by atoms with Gasteiger partial charge in [0.15, 0.2) is 0 Å². The highest BCUT2D eigenvalue weighted by Gasteiger charge is 2.54. The van der Waals surface area contributed by atoms with Crippen LogP contribution in [0.15, 0.2) is 54.6 Å². The summed E-state index contributed by atoms with van der Waals surface area (Å²) in [4.78, 5) is 18.0. The monoisotopic (exact) mass is 431 g/mol. The first-order valence-corrected chi connectivity index (χ1v) is 11.3. The largest absolute Gasteiger partial charge is 0.368 e. The minimum Gasteiger partial charge on any atom is -0.368 e. The van der Waals surface area contributed by atoms with Gasteiger partial charge >= 0.3 is 0 Å². The van der Waals surface area contributed by atoms with E-state index < -0.39 is 5.54 Å². The quantitative estimate of drug-likeness (QED) is 0.636. The second-order valence-electron chi connectivity index (χ2n) is 9.69. The normalized spacial score (nSPS) is 22.8. The van der Waals surface area contributed by atoms with E-state index in [9.17, 15) is 9.18 Å². The van der Waals surface area contributed by atoms with Gasteiger partial charge in [0.05, 0.1) is 5.54 Å². The zero-order valence-corrected chi connectivity index (χ0v) is 19.2. The fourth-order valence-corrected chi connectivity index (χ4v) is 5.01. The van der Waals surface area contributed by atoms with Gasteiger partial charge in [-0.1, -0.05) is 43.3 Å². The lowest BCUT2D eigenvalue weighted by atomic mass is 9.94. The van der Waals surface area contributed by atoms with Crippen LogP contribution < -0.4 is 10.2 Å². The molecule has 0 aromatic heterocycles. The maximum Gasteiger partial charge on any atom is 0.252 e. The van der Waals surface area contributed by atoms with Crippen molar-refractivity contribution in [2.24, 2.45) is 5.92 Å². The van der Waals surface area contributed by atoms with E-state index in [0.29, 0.717) is 22.9 Å². The van der Waals surface area contributed by atoms with Gasteiger partial charge in [0.25, 0.3) is 5.91 Å². The Bertz CT molecular complexity index is 1200. The lowest BCUT2D eigenvalue weighted by molar-refractivity contribution is 0.0927. The molecule has 1 amide bonds. The molecule has 1 saturated heterocycles. The number of fused-ring (bicyclic) bond motifs is 1. The third kappa shape index (κ3) is 3.36. The Morgan fingerprint density at radius 1 is 1.09 bits per heavy atom. The Kier molecular flexibility index (Phi) is 4.97. The van der Waals surface area contributed by atoms with Gasteiger partial charge < -0.3 is 15.1 Å². The number of hydrogen-bond donors (Lipinski definition) is 1. The fraction of sp³-hybridized carbons (Fsp3) is 0.370. The molecule has 2 aliphatic rings. The van der Waals surface area contributed by atoms with Crippen molar-refractivity contribution in [3.63, 3.8) is 0 Å². The molecule has 3 aromatic carbocycles. The number of likely N-dealkylation sites (N-methyl/N-ethyl adjacent to an activating group) is 1. The van der Waals surface area contributed by atoms with Gasteiger partial charge in [0.2, 0.25) is 0 Å². The van der Waals surface area contributed by atoms with Gasteiger partial charge in [0, 0.05) is 35.8 Å². The minimum absolute atomic E-state index is 0.0632. The van der Waals surface area contributed by atoms with Crippen molar-refractivity contribution in [2.45, 2.75) is 31.8 Å². The van der Waals surface area contributed by atoms with E-state index in [1.807, 2.05) is 43.3 Å². The summed E-state index contributed by atoms with van der Waals surface area (Å²) in [5.41, 5.74) is 3.30. The molecule has 2 fully saturated rings. The van der Waals surface area contributed by atoms with E-state index in [-0.39, 0.29) is 11.7 Å². The van der Waals surface area contributed by atoms with Crippen LogP contribution in [0.4, 0.5) is 10.1 Å². The van der Waals surface area contributed by atoms with E-state index in [1.165, 1.54) is 6.07 Å². The Morgan fingerprint density at radius 2 is 1.78 bits per heavy atom. The molecule has 1 N–H and O–H groups in total. The number of anilines is 1. The molecule has 4 nitrogen and oxygen atoms in total. The fourth-order valence-electron chi connectivity index (χ4n) is 5.01. The molecule has 5 rings (SSSR count). The highest BCUT2D eigenvalue weighted by molar-refractivity contribution is 5.98. The summed E-state index contributed by atoms with van der Waals surface area (Å²) in [6.45, 7) is 6.07. The third-order valence-electron chi connectivity index (χ3n) is 7.42. The molecule has 1 aliphatic heterocycles. The average Bonchev–Trinajstić information content (AvgIpc) is 3.37. The van der Waals surface area contributed by atoms with Crippen molar-refractivity contribution in [3.8, 4) is 0 Å². The topological polar surface area (TPSA) is 35.6 Å². The highest BCUT2D eigenvalue weighted by Crippen LogP contribution is 2.53. The van der Waals surface area contributed by atoms with Crippen LogP contribution in [0.5, 0.6) is 0 Å². The predicted octanol–water partition coefficient (Wildman–Crippen LogP) is 4.70. The first-order valence-electron chi connectivity index (χ1n) is 11.3. The molecule has 1 heterocycles. The molecule has 0 bridgehead atoms. The van der Waals surface area contributed by atoms with Crippen LogP contribution in [-0.2, 0) is 5.54 Å². The summed E-state index contributed by atoms with van der Waals surface area (Å²) in [6.07, 6.45) is 0.851. The number of hydrogen-bond acceptors (Lipinski definition) is 3. The molecule has 32 heavy (non-hydrogen) atoms. The lowest BCUT2D eigenvalue weighted by Gasteiger charge is -2.44. The molecule has 166 valence electrons. The summed E-state index contributed by atoms with van der Waals surface area (Å²) in [5, 5.41) is 4.82. The number of nitrogens with one attached hydrogen (secondary N) is 1. The second-order valence-corrected chi connectivity index (χ2v) is 9.69. The molecule has 2 unspecified atom stereocenters. The first kappa shape index (κ1) is 21.0. The van der Waals surface area contributed by atoms with E-state index in [2.05, 4.69) is 42.2 Å². The maximum absolute atomic E-state index is 14.4. The summed E-state index contributed by atoms with van der Waals surface area (Å²) in [6, 6.07) is 17.6. The van der Waals surface area contributed by atoms with Crippen LogP contribution >= 0.6 is 0 Å². The number of benzene rings is 3. The molecule has 1 saturated carbocycles. The van der Waals surface area contributed by atoms with Gasteiger partial charge in [0.1, 0.15) is 5.82 Å². The molecule has 3 aromatic rings. The molecule has 1 aliphatic carbocycles. The van der Waals surface area contributed by atoms with E-state index in [4.69, 9.17) is 0 Å². The molecular weight excluding hydrogens is 401 g/mol. The number of amides is 1. The van der Waals surface area contributed by atoms with Crippen molar-refractivity contribution in [1.29, 1.82) is 0 Å². The van der Waals surface area contributed by atoms with Crippen LogP contribution in [-0.4, -0.2) is 44.0 Å². The Morgan fingerprint density at radius 3 is 2.44 bits per heavy atom. The summed E-state index contributed by atoms with van der Waals surface area (Å²) in [7, 11) is 4.21. The number of carbonyl (C=O) groups excluding carboxylic acids is 1. The summed E-state index contributed by atoms with van der Waals surface area (Å²) in [5.74, 6) is 0.0000728. The zero-order chi connectivity index (χ0) is 22.6. The number of halogens is 1. The van der Waals surface area contributed by atoms with Crippen LogP contribution in [0.25, 0.3) is 10.8 Å². The van der Waals surface area contributed by atoms with Crippen molar-refractivity contribution in [1.82, 2.24) is 10.2 Å². The number of nitrogens with zero attached hydrogens (tertiary/aromatic N) is 2. The minimum atomic E-state index is -0.459. The second kappa shape index (κ2) is 7.59. The Hall–Kier alpha value is -2.92. The third-order valence-corrected chi connectivity index (χ3v) is 7.42. The Balaban J connectivity index is 1.44. The van der Waals surface area contributed by atoms with Gasteiger partial charge in [-0.15, -0.1) is 0 Å². The summed E-state index contributed by atoms with van der Waals surface area (Å²) < 4.78 is 14.4. The lowest BCUT2D eigenvalue weighted by Crippen LogP contribution is -2.57. The van der Waals surface area contributed by atoms with Gasteiger partial charge in [-0.3, -0.25) is 4.79 Å². The standard InChI is InChI=1S/C27H30FN3O/c1-17-9-10-19(31-15-20(16-31)30(3)4)13-23(17)26(32)29-27(14-18(27)2)24-11-12-25(28)22-8-6-5-7-21(22)24/h5-13,18,20H,14-16H2,1-4H3,(H,29,32). The number of carbonyl (C=O) groups is 1. The van der Waals surface area contributed by atoms with Crippen LogP contribution in [0.3, 0.4) is 0 Å². The molecular formula is C27H30FN3O. The van der Waals surface area contributed by atoms with Gasteiger partial charge in [-0.25, -0.2) is 4.39 Å². The zero-order valence-electron chi connectivity index (χ0n) is 19.2. The first-order chi connectivity index (χ1) is 15.3.